The summed E-state index contributed by atoms with van der Waals surface area (Å²) in [6.45, 7) is 8.59. The molecule has 0 saturated heterocycles. The number of hydrogen-bond acceptors (Lipinski definition) is 1. The van der Waals surface area contributed by atoms with Gasteiger partial charge in [-0.15, -0.1) is 0 Å². The lowest BCUT2D eigenvalue weighted by Crippen LogP contribution is -2.24. The van der Waals surface area contributed by atoms with Gasteiger partial charge in [-0.1, -0.05) is 33.8 Å². The zero-order valence-electron chi connectivity index (χ0n) is 11.0. The highest BCUT2D eigenvalue weighted by Crippen LogP contribution is 2.36. The Morgan fingerprint density at radius 1 is 1.18 bits per heavy atom. The molecular weight excluding hydrogens is 210 g/mol. The van der Waals surface area contributed by atoms with Crippen LogP contribution >= 0.6 is 0 Å². The normalized spacial score (nSPS) is 16.1. The second kappa shape index (κ2) is 4.19. The lowest BCUT2D eigenvalue weighted by Gasteiger charge is -2.31. The van der Waals surface area contributed by atoms with Gasteiger partial charge in [-0.3, -0.25) is 0 Å². The van der Waals surface area contributed by atoms with Crippen molar-refractivity contribution in [3.05, 3.63) is 36.0 Å². The number of rotatable bonds is 2. The maximum atomic E-state index is 10.4. The Morgan fingerprint density at radius 3 is 2.53 bits per heavy atom. The number of aliphatic hydroxyl groups is 1. The smallest absolute Gasteiger partial charge is 0.0820 e. The Bertz CT molecular complexity index is 507. The van der Waals surface area contributed by atoms with Crippen LogP contribution < -0.4 is 0 Å². The number of aromatic amines is 1. The molecular formula is C15H21NO. The van der Waals surface area contributed by atoms with E-state index in [0.29, 0.717) is 0 Å². The molecule has 92 valence electrons. The molecule has 2 N–H and O–H groups in total. The van der Waals surface area contributed by atoms with E-state index in [9.17, 15) is 5.11 Å². The van der Waals surface area contributed by atoms with Crippen LogP contribution in [0, 0.1) is 11.3 Å². The zero-order chi connectivity index (χ0) is 12.6. The van der Waals surface area contributed by atoms with Crippen molar-refractivity contribution in [3.63, 3.8) is 0 Å². The van der Waals surface area contributed by atoms with E-state index in [1.807, 2.05) is 24.4 Å². The summed E-state index contributed by atoms with van der Waals surface area (Å²) in [7, 11) is 0. The SMILES string of the molecule is CC(C(O)c1ccc2[nH]ccc2c1)C(C)(C)C. The number of aliphatic hydroxyl groups excluding tert-OH is 1. The molecule has 0 amide bonds. The van der Waals surface area contributed by atoms with E-state index < -0.39 is 6.10 Å². The van der Waals surface area contributed by atoms with Crippen molar-refractivity contribution in [2.24, 2.45) is 11.3 Å². The van der Waals surface area contributed by atoms with Gasteiger partial charge in [-0.25, -0.2) is 0 Å². The summed E-state index contributed by atoms with van der Waals surface area (Å²) in [4.78, 5) is 3.16. The fourth-order valence-electron chi connectivity index (χ4n) is 2.02. The summed E-state index contributed by atoms with van der Waals surface area (Å²) in [5.41, 5.74) is 2.22. The molecule has 2 aromatic rings. The van der Waals surface area contributed by atoms with Crippen LogP contribution in [0.15, 0.2) is 30.5 Å². The number of hydrogen-bond donors (Lipinski definition) is 2. The number of H-pyrrole nitrogens is 1. The summed E-state index contributed by atoms with van der Waals surface area (Å²) in [5.74, 6) is 0.221. The van der Waals surface area contributed by atoms with Crippen molar-refractivity contribution in [2.75, 3.05) is 0 Å². The van der Waals surface area contributed by atoms with Crippen LogP contribution in [0.3, 0.4) is 0 Å². The van der Waals surface area contributed by atoms with Crippen LogP contribution in [0.5, 0.6) is 0 Å². The van der Waals surface area contributed by atoms with Crippen LogP contribution in [0.4, 0.5) is 0 Å². The van der Waals surface area contributed by atoms with Crippen molar-refractivity contribution < 1.29 is 5.11 Å². The Balaban J connectivity index is 2.32. The third kappa shape index (κ3) is 2.37. The fraction of sp³-hybridized carbons (Fsp3) is 0.467. The first-order chi connectivity index (χ1) is 7.89. The molecule has 0 radical (unpaired) electrons. The summed E-state index contributed by atoms with van der Waals surface area (Å²) in [6, 6.07) is 8.14. The average molecular weight is 231 g/mol. The van der Waals surface area contributed by atoms with E-state index in [0.717, 1.165) is 16.5 Å². The summed E-state index contributed by atoms with van der Waals surface area (Å²) in [6.07, 6.45) is 1.52. The van der Waals surface area contributed by atoms with Crippen LogP contribution in [0.1, 0.15) is 39.4 Å². The number of nitrogens with one attached hydrogen (secondary N) is 1. The third-order valence-corrected chi connectivity index (χ3v) is 3.76. The van der Waals surface area contributed by atoms with Gasteiger partial charge in [-0.05, 0) is 40.5 Å². The van der Waals surface area contributed by atoms with Crippen LogP contribution in [0.25, 0.3) is 10.9 Å². The minimum absolute atomic E-state index is 0.104. The maximum absolute atomic E-state index is 10.4. The van der Waals surface area contributed by atoms with Crippen LogP contribution in [0.2, 0.25) is 0 Å². The van der Waals surface area contributed by atoms with Gasteiger partial charge in [0, 0.05) is 11.7 Å². The molecule has 1 heterocycles. The van der Waals surface area contributed by atoms with Gasteiger partial charge in [0.25, 0.3) is 0 Å². The van der Waals surface area contributed by atoms with Crippen molar-refractivity contribution in [3.8, 4) is 0 Å². The second-order valence-corrected chi connectivity index (χ2v) is 5.92. The molecule has 0 saturated carbocycles. The molecule has 17 heavy (non-hydrogen) atoms. The largest absolute Gasteiger partial charge is 0.388 e. The molecule has 0 aliphatic heterocycles. The molecule has 2 unspecified atom stereocenters. The van der Waals surface area contributed by atoms with Crippen LogP contribution in [-0.4, -0.2) is 10.1 Å². The zero-order valence-corrected chi connectivity index (χ0v) is 11.0. The van der Waals surface area contributed by atoms with Gasteiger partial charge >= 0.3 is 0 Å². The first-order valence-corrected chi connectivity index (χ1v) is 6.14. The highest BCUT2D eigenvalue weighted by molar-refractivity contribution is 5.80. The van der Waals surface area contributed by atoms with E-state index in [-0.39, 0.29) is 11.3 Å². The Morgan fingerprint density at radius 2 is 1.88 bits per heavy atom. The molecule has 2 atom stereocenters. The van der Waals surface area contributed by atoms with Crippen molar-refractivity contribution in [2.45, 2.75) is 33.8 Å². The van der Waals surface area contributed by atoms with Gasteiger partial charge in [0.15, 0.2) is 0 Å². The lowest BCUT2D eigenvalue weighted by molar-refractivity contribution is 0.0536. The standard InChI is InChI=1S/C15H21NO/c1-10(15(2,3)4)14(17)12-5-6-13-11(9-12)7-8-16-13/h5-10,14,16-17H,1-4H3. The first-order valence-electron chi connectivity index (χ1n) is 6.14. The minimum Gasteiger partial charge on any atom is -0.388 e. The second-order valence-electron chi connectivity index (χ2n) is 5.92. The van der Waals surface area contributed by atoms with Gasteiger partial charge < -0.3 is 10.1 Å². The molecule has 1 aromatic heterocycles. The topological polar surface area (TPSA) is 36.0 Å². The van der Waals surface area contributed by atoms with E-state index in [4.69, 9.17) is 0 Å². The highest BCUT2D eigenvalue weighted by Gasteiger charge is 2.27. The highest BCUT2D eigenvalue weighted by atomic mass is 16.3. The van der Waals surface area contributed by atoms with Crippen molar-refractivity contribution in [1.82, 2.24) is 4.98 Å². The van der Waals surface area contributed by atoms with Crippen LogP contribution in [-0.2, 0) is 0 Å². The van der Waals surface area contributed by atoms with E-state index in [1.54, 1.807) is 0 Å². The summed E-state index contributed by atoms with van der Waals surface area (Å²) in [5, 5.41) is 11.6. The fourth-order valence-corrected chi connectivity index (χ4v) is 2.02. The molecule has 2 rings (SSSR count). The molecule has 0 aliphatic carbocycles. The van der Waals surface area contributed by atoms with Gasteiger partial charge in [0.2, 0.25) is 0 Å². The minimum atomic E-state index is -0.408. The molecule has 2 nitrogen and oxygen atoms in total. The van der Waals surface area contributed by atoms with Gasteiger partial charge in [0.1, 0.15) is 0 Å². The van der Waals surface area contributed by atoms with Crippen molar-refractivity contribution >= 4 is 10.9 Å². The van der Waals surface area contributed by atoms with E-state index >= 15 is 0 Å². The molecule has 0 bridgehead atoms. The third-order valence-electron chi connectivity index (χ3n) is 3.76. The predicted molar refractivity (Wildman–Crippen MR) is 71.9 cm³/mol. The molecule has 2 heteroatoms. The number of fused-ring (bicyclic) bond motifs is 1. The number of benzene rings is 1. The molecule has 0 aliphatic rings. The monoisotopic (exact) mass is 231 g/mol. The Hall–Kier alpha value is -1.28. The molecule has 1 aromatic carbocycles. The quantitative estimate of drug-likeness (QED) is 0.808. The average Bonchev–Trinajstić information content (AvgIpc) is 2.72. The number of aromatic nitrogens is 1. The van der Waals surface area contributed by atoms with E-state index in [1.165, 1.54) is 0 Å². The van der Waals surface area contributed by atoms with Gasteiger partial charge in [-0.2, -0.15) is 0 Å². The van der Waals surface area contributed by atoms with Gasteiger partial charge in [0.05, 0.1) is 6.10 Å². The molecule has 0 fully saturated rings. The lowest BCUT2D eigenvalue weighted by atomic mass is 9.77. The maximum Gasteiger partial charge on any atom is 0.0820 e. The van der Waals surface area contributed by atoms with E-state index in [2.05, 4.69) is 38.7 Å². The predicted octanol–water partition coefficient (Wildman–Crippen LogP) is 3.88. The summed E-state index contributed by atoms with van der Waals surface area (Å²) >= 11 is 0. The first kappa shape index (κ1) is 12.2. The summed E-state index contributed by atoms with van der Waals surface area (Å²) < 4.78 is 0. The Labute approximate surface area is 103 Å². The molecule has 0 spiro atoms. The van der Waals surface area contributed by atoms with Crippen molar-refractivity contribution in [1.29, 1.82) is 0 Å². The Kier molecular flexibility index (Phi) is 3.00.